The topological polar surface area (TPSA) is 97.7 Å². The number of rotatable bonds is 8. The van der Waals surface area contributed by atoms with E-state index in [1.54, 1.807) is 67.6 Å². The van der Waals surface area contributed by atoms with Gasteiger partial charge in [-0.3, -0.25) is 4.79 Å². The van der Waals surface area contributed by atoms with Crippen LogP contribution >= 0.6 is 11.6 Å². The molecule has 0 radical (unpaired) electrons. The summed E-state index contributed by atoms with van der Waals surface area (Å²) >= 11 is 6.13. The fourth-order valence-electron chi connectivity index (χ4n) is 3.17. The van der Waals surface area contributed by atoms with Crippen LogP contribution in [0.1, 0.15) is 27.0 Å². The molecule has 0 bridgehead atoms. The first kappa shape index (κ1) is 25.3. The van der Waals surface area contributed by atoms with E-state index in [-0.39, 0.29) is 12.2 Å². The van der Waals surface area contributed by atoms with E-state index in [1.165, 1.54) is 20.3 Å². The highest BCUT2D eigenvalue weighted by atomic mass is 35.5. The molecule has 35 heavy (non-hydrogen) atoms. The van der Waals surface area contributed by atoms with E-state index < -0.39 is 11.9 Å². The highest BCUT2D eigenvalue weighted by molar-refractivity contribution is 6.31. The monoisotopic (exact) mass is 490 g/mol. The van der Waals surface area contributed by atoms with Gasteiger partial charge in [-0.25, -0.2) is 4.79 Å². The summed E-state index contributed by atoms with van der Waals surface area (Å²) in [7, 11) is 2.79. The normalized spacial score (nSPS) is 10.8. The van der Waals surface area contributed by atoms with Crippen LogP contribution in [0.3, 0.4) is 0 Å². The summed E-state index contributed by atoms with van der Waals surface area (Å²) in [6, 6.07) is 19.1. The van der Waals surface area contributed by atoms with E-state index in [1.807, 2.05) is 6.07 Å². The first-order chi connectivity index (χ1) is 16.9. The van der Waals surface area contributed by atoms with Gasteiger partial charge in [0, 0.05) is 16.7 Å². The number of ether oxygens (including phenoxy) is 3. The van der Waals surface area contributed by atoms with E-state index >= 15 is 0 Å². The lowest BCUT2D eigenvalue weighted by molar-refractivity contribution is -0.112. The van der Waals surface area contributed by atoms with Crippen LogP contribution in [0.4, 0.5) is 5.69 Å². The van der Waals surface area contributed by atoms with Gasteiger partial charge in [-0.05, 0) is 48.4 Å². The Morgan fingerprint density at radius 1 is 1.06 bits per heavy atom. The third-order valence-electron chi connectivity index (χ3n) is 5.08. The summed E-state index contributed by atoms with van der Waals surface area (Å²) in [6.07, 6.45) is 1.46. The summed E-state index contributed by atoms with van der Waals surface area (Å²) in [4.78, 5) is 24.4. The molecule has 0 aromatic heterocycles. The second kappa shape index (κ2) is 11.7. The van der Waals surface area contributed by atoms with Gasteiger partial charge in [0.1, 0.15) is 29.7 Å². The molecule has 3 aromatic carbocycles. The molecule has 7 nitrogen and oxygen atoms in total. The minimum absolute atomic E-state index is 0.113. The predicted octanol–water partition coefficient (Wildman–Crippen LogP) is 5.57. The lowest BCUT2D eigenvalue weighted by Gasteiger charge is -2.12. The van der Waals surface area contributed by atoms with Gasteiger partial charge in [0.2, 0.25) is 0 Å². The van der Waals surface area contributed by atoms with Crippen LogP contribution in [-0.4, -0.2) is 26.1 Å². The Kier molecular flexibility index (Phi) is 8.49. The number of carbonyl (C=O) groups is 2. The van der Waals surface area contributed by atoms with Gasteiger partial charge < -0.3 is 19.5 Å². The number of nitrogens with zero attached hydrogens (tertiary/aromatic N) is 1. The Morgan fingerprint density at radius 2 is 1.77 bits per heavy atom. The maximum atomic E-state index is 12.8. The Labute approximate surface area is 208 Å². The third kappa shape index (κ3) is 6.40. The molecule has 178 valence electrons. The molecule has 0 aliphatic carbocycles. The first-order valence-electron chi connectivity index (χ1n) is 10.5. The van der Waals surface area contributed by atoms with Gasteiger partial charge in [0.05, 0.1) is 25.5 Å². The molecular weight excluding hydrogens is 468 g/mol. The van der Waals surface area contributed by atoms with E-state index in [2.05, 4.69) is 5.32 Å². The zero-order valence-corrected chi connectivity index (χ0v) is 20.2. The standard InChI is InChI=1S/C27H23ClN2O5/c1-17-12-23(25(33-2)14-22(17)28)30-26(31)21(15-29)13-20-6-4-5-7-24(20)35-16-18-8-10-19(11-9-18)27(32)34-3/h4-14H,16H2,1-3H3,(H,30,31)/b21-13-. The summed E-state index contributed by atoms with van der Waals surface area (Å²) in [5.41, 5.74) is 2.88. The number of anilines is 1. The van der Waals surface area contributed by atoms with Crippen LogP contribution in [0.5, 0.6) is 11.5 Å². The van der Waals surface area contributed by atoms with Crippen molar-refractivity contribution in [3.63, 3.8) is 0 Å². The number of aryl methyl sites for hydroxylation is 1. The zero-order valence-electron chi connectivity index (χ0n) is 19.4. The number of hydrogen-bond donors (Lipinski definition) is 1. The highest BCUT2D eigenvalue weighted by Crippen LogP contribution is 2.31. The number of nitrogens with one attached hydrogen (secondary N) is 1. The highest BCUT2D eigenvalue weighted by Gasteiger charge is 2.15. The van der Waals surface area contributed by atoms with E-state index in [9.17, 15) is 14.9 Å². The molecule has 0 unspecified atom stereocenters. The molecule has 1 N–H and O–H groups in total. The van der Waals surface area contributed by atoms with Crippen molar-refractivity contribution < 1.29 is 23.8 Å². The third-order valence-corrected chi connectivity index (χ3v) is 5.49. The van der Waals surface area contributed by atoms with E-state index in [0.717, 1.165) is 11.1 Å². The molecule has 0 saturated heterocycles. The molecule has 8 heteroatoms. The molecule has 0 aliphatic heterocycles. The number of methoxy groups -OCH3 is 2. The number of benzene rings is 3. The van der Waals surface area contributed by atoms with Gasteiger partial charge in [-0.15, -0.1) is 0 Å². The molecule has 0 spiro atoms. The number of amides is 1. The Balaban J connectivity index is 1.78. The molecule has 1 amide bonds. The predicted molar refractivity (Wildman–Crippen MR) is 134 cm³/mol. The Hall–Kier alpha value is -4.28. The van der Waals surface area contributed by atoms with E-state index in [0.29, 0.717) is 33.3 Å². The van der Waals surface area contributed by atoms with Crippen LogP contribution < -0.4 is 14.8 Å². The lowest BCUT2D eigenvalue weighted by atomic mass is 10.1. The fourth-order valence-corrected chi connectivity index (χ4v) is 3.32. The van der Waals surface area contributed by atoms with Crippen LogP contribution in [-0.2, 0) is 16.1 Å². The number of nitriles is 1. The number of carbonyl (C=O) groups excluding carboxylic acids is 2. The second-order valence-electron chi connectivity index (χ2n) is 7.44. The molecule has 3 rings (SSSR count). The van der Waals surface area contributed by atoms with Crippen LogP contribution in [0.25, 0.3) is 6.08 Å². The minimum atomic E-state index is -0.597. The molecular formula is C27H23ClN2O5. The Bertz CT molecular complexity index is 1310. The average Bonchev–Trinajstić information content (AvgIpc) is 2.88. The minimum Gasteiger partial charge on any atom is -0.495 e. The van der Waals surface area contributed by atoms with Gasteiger partial charge >= 0.3 is 5.97 Å². The van der Waals surface area contributed by atoms with Crippen molar-refractivity contribution in [2.24, 2.45) is 0 Å². The fraction of sp³-hybridized carbons (Fsp3) is 0.148. The summed E-state index contributed by atoms with van der Waals surface area (Å²) in [5, 5.41) is 12.8. The quantitative estimate of drug-likeness (QED) is 0.252. The number of halogens is 1. The molecule has 0 heterocycles. The number of hydrogen-bond acceptors (Lipinski definition) is 6. The summed E-state index contributed by atoms with van der Waals surface area (Å²) in [6.45, 7) is 2.02. The van der Waals surface area contributed by atoms with Crippen molar-refractivity contribution in [1.82, 2.24) is 0 Å². The smallest absolute Gasteiger partial charge is 0.337 e. The summed E-state index contributed by atoms with van der Waals surface area (Å²) < 4.78 is 15.9. The zero-order chi connectivity index (χ0) is 25.4. The first-order valence-corrected chi connectivity index (χ1v) is 10.9. The molecule has 0 saturated carbocycles. The average molecular weight is 491 g/mol. The van der Waals surface area contributed by atoms with Gasteiger partial charge in [0.15, 0.2) is 0 Å². The van der Waals surface area contributed by atoms with Crippen LogP contribution in [0.15, 0.2) is 66.2 Å². The largest absolute Gasteiger partial charge is 0.495 e. The molecule has 0 fully saturated rings. The number of para-hydroxylation sites is 1. The van der Waals surface area contributed by atoms with Crippen molar-refractivity contribution in [3.8, 4) is 17.6 Å². The van der Waals surface area contributed by atoms with Crippen molar-refractivity contribution in [2.45, 2.75) is 13.5 Å². The van der Waals surface area contributed by atoms with E-state index in [4.69, 9.17) is 25.8 Å². The van der Waals surface area contributed by atoms with Crippen LogP contribution in [0.2, 0.25) is 5.02 Å². The maximum absolute atomic E-state index is 12.8. The molecule has 3 aromatic rings. The summed E-state index contributed by atoms with van der Waals surface area (Å²) in [5.74, 6) is -0.138. The van der Waals surface area contributed by atoms with Crippen molar-refractivity contribution in [2.75, 3.05) is 19.5 Å². The SMILES string of the molecule is COC(=O)c1ccc(COc2ccccc2/C=C(/C#N)C(=O)Nc2cc(C)c(Cl)cc2OC)cc1. The van der Waals surface area contributed by atoms with Crippen molar-refractivity contribution in [3.05, 3.63) is 93.5 Å². The number of esters is 1. The van der Waals surface area contributed by atoms with Gasteiger partial charge in [0.25, 0.3) is 5.91 Å². The lowest BCUT2D eigenvalue weighted by Crippen LogP contribution is -2.14. The van der Waals surface area contributed by atoms with Crippen molar-refractivity contribution >= 4 is 35.2 Å². The molecule has 0 atom stereocenters. The Morgan fingerprint density at radius 3 is 2.43 bits per heavy atom. The van der Waals surface area contributed by atoms with Crippen molar-refractivity contribution in [1.29, 1.82) is 5.26 Å². The van der Waals surface area contributed by atoms with Crippen LogP contribution in [0, 0.1) is 18.3 Å². The van der Waals surface area contributed by atoms with Gasteiger partial charge in [-0.1, -0.05) is 41.9 Å². The van der Waals surface area contributed by atoms with Gasteiger partial charge in [-0.2, -0.15) is 5.26 Å². The maximum Gasteiger partial charge on any atom is 0.337 e. The molecule has 0 aliphatic rings. The second-order valence-corrected chi connectivity index (χ2v) is 7.85.